The summed E-state index contributed by atoms with van der Waals surface area (Å²) in [6.45, 7) is 3.67. The summed E-state index contributed by atoms with van der Waals surface area (Å²) >= 11 is 0. The highest BCUT2D eigenvalue weighted by Gasteiger charge is 2.66. The van der Waals surface area contributed by atoms with Crippen LogP contribution in [0.2, 0.25) is 0 Å². The Labute approximate surface area is 132 Å². The molecule has 2 rings (SSSR count). The first-order valence-electron chi connectivity index (χ1n) is 7.02. The zero-order valence-electron chi connectivity index (χ0n) is 12.9. The lowest BCUT2D eigenvalue weighted by molar-refractivity contribution is -0.172. The maximum Gasteiger partial charge on any atom is 0.322 e. The third-order valence-electron chi connectivity index (χ3n) is 4.45. The molecule has 1 saturated heterocycles. The molecule has 2 aliphatic rings. The largest absolute Gasteiger partial charge is 0.480 e. The van der Waals surface area contributed by atoms with E-state index in [4.69, 9.17) is 4.74 Å². The van der Waals surface area contributed by atoms with Crippen molar-refractivity contribution in [3.05, 3.63) is 12.2 Å². The van der Waals surface area contributed by atoms with Gasteiger partial charge in [-0.05, 0) is 17.9 Å². The lowest BCUT2D eigenvalue weighted by Crippen LogP contribution is -2.53. The number of carbonyl (C=O) groups excluding carboxylic acids is 2. The Kier molecular flexibility index (Phi) is 3.96. The van der Waals surface area contributed by atoms with E-state index in [-0.39, 0.29) is 6.42 Å². The number of ether oxygens (including phenoxy) is 2. The van der Waals surface area contributed by atoms with E-state index in [1.165, 1.54) is 6.08 Å². The van der Waals surface area contributed by atoms with Crippen molar-refractivity contribution in [2.24, 2.45) is 23.2 Å². The Morgan fingerprint density at radius 2 is 1.83 bits per heavy atom. The zero-order valence-corrected chi connectivity index (χ0v) is 12.9. The summed E-state index contributed by atoms with van der Waals surface area (Å²) in [4.78, 5) is 47.1. The molecule has 0 spiro atoms. The van der Waals surface area contributed by atoms with E-state index in [2.05, 4.69) is 4.74 Å². The number of rotatable bonds is 4. The average molecular weight is 326 g/mol. The second-order valence-electron chi connectivity index (χ2n) is 6.52. The van der Waals surface area contributed by atoms with Crippen molar-refractivity contribution >= 4 is 23.9 Å². The van der Waals surface area contributed by atoms with Gasteiger partial charge in [0, 0.05) is 5.92 Å². The van der Waals surface area contributed by atoms with E-state index in [9.17, 15) is 29.4 Å². The summed E-state index contributed by atoms with van der Waals surface area (Å²) in [5.74, 6) is -9.36. The predicted octanol–water partition coefficient (Wildman–Crippen LogP) is 0.459. The Balaban J connectivity index is 2.62. The lowest BCUT2D eigenvalue weighted by Gasteiger charge is -2.41. The molecule has 1 aliphatic heterocycles. The number of carboxylic acid groups (broad SMARTS) is 2. The fraction of sp³-hybridized carbons (Fsp3) is 0.600. The van der Waals surface area contributed by atoms with Crippen molar-refractivity contribution in [1.29, 1.82) is 0 Å². The van der Waals surface area contributed by atoms with Crippen LogP contribution < -0.4 is 0 Å². The number of allylic oxidation sites excluding steroid dienone is 1. The number of carbonyl (C=O) groups is 4. The molecular formula is C15H18O8. The van der Waals surface area contributed by atoms with Gasteiger partial charge in [-0.15, -0.1) is 0 Å². The Morgan fingerprint density at radius 1 is 1.26 bits per heavy atom. The van der Waals surface area contributed by atoms with Gasteiger partial charge >= 0.3 is 23.9 Å². The van der Waals surface area contributed by atoms with Gasteiger partial charge < -0.3 is 19.7 Å². The van der Waals surface area contributed by atoms with Crippen molar-refractivity contribution in [3.8, 4) is 0 Å². The highest BCUT2D eigenvalue weighted by molar-refractivity contribution is 6.01. The minimum atomic E-state index is -2.00. The van der Waals surface area contributed by atoms with Crippen LogP contribution in [0, 0.1) is 23.2 Å². The number of methoxy groups -OCH3 is 1. The minimum Gasteiger partial charge on any atom is -0.480 e. The standard InChI is InChI=1S/C15H18O8/c1-14(2)4-5-15(9(10(16)17)11(18)19)7(6-14)8(12(20)22-3)13(21)23-15/h4-5,7-9H,6H2,1-3H3,(H,16,17)(H,18,19). The van der Waals surface area contributed by atoms with Gasteiger partial charge in [0.25, 0.3) is 0 Å². The first kappa shape index (κ1) is 17.0. The Morgan fingerprint density at radius 3 is 2.30 bits per heavy atom. The maximum absolute atomic E-state index is 12.2. The highest BCUT2D eigenvalue weighted by atomic mass is 16.6. The molecule has 3 unspecified atom stereocenters. The third-order valence-corrected chi connectivity index (χ3v) is 4.45. The van der Waals surface area contributed by atoms with Gasteiger partial charge in [0.15, 0.2) is 17.4 Å². The maximum atomic E-state index is 12.2. The van der Waals surface area contributed by atoms with E-state index >= 15 is 0 Å². The molecular weight excluding hydrogens is 308 g/mol. The van der Waals surface area contributed by atoms with E-state index in [1.54, 1.807) is 6.08 Å². The molecule has 2 N–H and O–H groups in total. The quantitative estimate of drug-likeness (QED) is 0.433. The lowest BCUT2D eigenvalue weighted by atomic mass is 9.62. The van der Waals surface area contributed by atoms with Gasteiger partial charge in [-0.3, -0.25) is 19.2 Å². The summed E-state index contributed by atoms with van der Waals surface area (Å²) in [6, 6.07) is 0. The number of aliphatic carboxylic acids is 2. The van der Waals surface area contributed by atoms with Crippen LogP contribution in [-0.4, -0.2) is 46.8 Å². The summed E-state index contributed by atoms with van der Waals surface area (Å²) in [6.07, 6.45) is 3.14. The normalized spacial score (nSPS) is 31.4. The molecule has 0 aromatic carbocycles. The van der Waals surface area contributed by atoms with Crippen molar-refractivity contribution in [2.75, 3.05) is 7.11 Å². The van der Waals surface area contributed by atoms with Crippen molar-refractivity contribution in [3.63, 3.8) is 0 Å². The number of fused-ring (bicyclic) bond motifs is 1. The predicted molar refractivity (Wildman–Crippen MR) is 74.1 cm³/mol. The molecule has 1 fully saturated rings. The summed E-state index contributed by atoms with van der Waals surface area (Å²) in [5, 5.41) is 18.6. The van der Waals surface area contributed by atoms with Crippen LogP contribution >= 0.6 is 0 Å². The first-order valence-corrected chi connectivity index (χ1v) is 7.02. The molecule has 0 aromatic rings. The van der Waals surface area contributed by atoms with E-state index in [1.807, 2.05) is 13.8 Å². The van der Waals surface area contributed by atoms with Gasteiger partial charge in [0.05, 0.1) is 7.11 Å². The smallest absolute Gasteiger partial charge is 0.322 e. The molecule has 1 aliphatic carbocycles. The van der Waals surface area contributed by atoms with E-state index in [0.29, 0.717) is 0 Å². The zero-order chi connectivity index (χ0) is 17.6. The van der Waals surface area contributed by atoms with Gasteiger partial charge in [-0.25, -0.2) is 0 Å². The summed E-state index contributed by atoms with van der Waals surface area (Å²) in [7, 11) is 1.10. The topological polar surface area (TPSA) is 127 Å². The fourth-order valence-electron chi connectivity index (χ4n) is 3.41. The number of hydrogen-bond donors (Lipinski definition) is 2. The highest BCUT2D eigenvalue weighted by Crippen LogP contribution is 2.52. The monoisotopic (exact) mass is 326 g/mol. The van der Waals surface area contributed by atoms with Crippen LogP contribution in [0.15, 0.2) is 12.2 Å². The van der Waals surface area contributed by atoms with E-state index < -0.39 is 52.6 Å². The van der Waals surface area contributed by atoms with Crippen LogP contribution in [0.1, 0.15) is 20.3 Å². The second kappa shape index (κ2) is 5.36. The van der Waals surface area contributed by atoms with Gasteiger partial charge in [-0.1, -0.05) is 19.9 Å². The number of hydrogen-bond acceptors (Lipinski definition) is 6. The van der Waals surface area contributed by atoms with Crippen LogP contribution in [0.5, 0.6) is 0 Å². The Bertz CT molecular complexity index is 591. The molecule has 0 radical (unpaired) electrons. The summed E-state index contributed by atoms with van der Waals surface area (Å²) < 4.78 is 9.79. The van der Waals surface area contributed by atoms with Crippen molar-refractivity contribution < 1.29 is 38.9 Å². The molecule has 0 bridgehead atoms. The summed E-state index contributed by atoms with van der Waals surface area (Å²) in [5.41, 5.74) is -2.35. The van der Waals surface area contributed by atoms with Gasteiger partial charge in [0.1, 0.15) is 0 Å². The molecule has 8 nitrogen and oxygen atoms in total. The Hall–Kier alpha value is -2.38. The average Bonchev–Trinajstić information content (AvgIpc) is 2.68. The van der Waals surface area contributed by atoms with E-state index in [0.717, 1.165) is 7.11 Å². The molecule has 1 heterocycles. The molecule has 23 heavy (non-hydrogen) atoms. The molecule has 0 aromatic heterocycles. The first-order chi connectivity index (χ1) is 10.6. The van der Waals surface area contributed by atoms with Gasteiger partial charge in [-0.2, -0.15) is 0 Å². The third kappa shape index (κ3) is 2.58. The molecule has 8 heteroatoms. The second-order valence-corrected chi connectivity index (χ2v) is 6.52. The minimum absolute atomic E-state index is 0.214. The van der Waals surface area contributed by atoms with Crippen LogP contribution in [0.25, 0.3) is 0 Å². The molecule has 0 saturated carbocycles. The molecule has 3 atom stereocenters. The van der Waals surface area contributed by atoms with Crippen LogP contribution in [0.4, 0.5) is 0 Å². The number of esters is 2. The fourth-order valence-corrected chi connectivity index (χ4v) is 3.41. The van der Waals surface area contributed by atoms with Crippen molar-refractivity contribution in [2.45, 2.75) is 25.9 Å². The van der Waals surface area contributed by atoms with Crippen molar-refractivity contribution in [1.82, 2.24) is 0 Å². The molecule has 126 valence electrons. The van der Waals surface area contributed by atoms with Crippen LogP contribution in [-0.2, 0) is 28.7 Å². The SMILES string of the molecule is COC(=O)C1C(=O)OC2(C(C(=O)O)C(=O)O)C=CC(C)(C)CC12. The number of carboxylic acids is 2. The van der Waals surface area contributed by atoms with Gasteiger partial charge in [0.2, 0.25) is 0 Å². The molecule has 0 amide bonds. The van der Waals surface area contributed by atoms with Crippen LogP contribution in [0.3, 0.4) is 0 Å².